The van der Waals surface area contributed by atoms with Crippen LogP contribution in [-0.2, 0) is 11.3 Å². The topological polar surface area (TPSA) is 41.5 Å². The first-order chi connectivity index (χ1) is 16.7. The maximum Gasteiger partial charge on any atom is 0.226 e. The third-order valence-electron chi connectivity index (χ3n) is 6.28. The Bertz CT molecular complexity index is 1260. The van der Waals surface area contributed by atoms with E-state index in [1.165, 1.54) is 6.07 Å². The molecule has 1 aliphatic heterocycles. The van der Waals surface area contributed by atoms with Gasteiger partial charge in [-0.3, -0.25) is 4.90 Å². The molecule has 0 atom stereocenters. The van der Waals surface area contributed by atoms with Crippen molar-refractivity contribution in [3.8, 4) is 11.3 Å². The summed E-state index contributed by atoms with van der Waals surface area (Å²) in [5.74, 6) is 0.408. The van der Waals surface area contributed by atoms with Crippen molar-refractivity contribution in [2.24, 2.45) is 0 Å². The average Bonchev–Trinajstić information content (AvgIpc) is 2.88. The van der Waals surface area contributed by atoms with E-state index in [1.807, 2.05) is 36.4 Å². The van der Waals surface area contributed by atoms with Crippen molar-refractivity contribution >= 4 is 16.9 Å². The molecule has 0 unspecified atom stereocenters. The molecular weight excluding hydrogens is 427 g/mol. The number of rotatable bonds is 7. The Balaban J connectivity index is 1.56. The van der Waals surface area contributed by atoms with Gasteiger partial charge in [0.15, 0.2) is 0 Å². The first kappa shape index (κ1) is 22.4. The quantitative estimate of drug-likeness (QED) is 0.388. The van der Waals surface area contributed by atoms with E-state index in [4.69, 9.17) is 14.7 Å². The van der Waals surface area contributed by atoms with Crippen molar-refractivity contribution in [3.63, 3.8) is 0 Å². The molecule has 1 aliphatic rings. The molecule has 0 saturated carbocycles. The fourth-order valence-corrected chi connectivity index (χ4v) is 4.36. The van der Waals surface area contributed by atoms with Gasteiger partial charge in [0.2, 0.25) is 5.95 Å². The molecule has 4 aromatic rings. The highest BCUT2D eigenvalue weighted by Gasteiger charge is 2.19. The smallest absolute Gasteiger partial charge is 0.226 e. The Hall–Kier alpha value is -3.35. The number of aryl methyl sites for hydroxylation is 1. The minimum atomic E-state index is -0.210. The fourth-order valence-electron chi connectivity index (χ4n) is 4.36. The number of ether oxygens (including phenoxy) is 1. The number of hydrogen-bond acceptors (Lipinski definition) is 5. The zero-order chi connectivity index (χ0) is 23.3. The Morgan fingerprint density at radius 1 is 0.941 bits per heavy atom. The normalized spacial score (nSPS) is 14.4. The molecule has 0 N–H and O–H groups in total. The van der Waals surface area contributed by atoms with E-state index < -0.39 is 0 Å². The number of nitrogens with zero attached hydrogens (tertiary/aromatic N) is 4. The molecule has 2 heterocycles. The van der Waals surface area contributed by atoms with Gasteiger partial charge < -0.3 is 9.64 Å². The van der Waals surface area contributed by atoms with Gasteiger partial charge in [0, 0.05) is 49.2 Å². The SMILES string of the molecule is Cc1ccc2nc(N(CCN3CCOCC3)Cc3ccccc3F)nc(-c3ccccc3)c2c1. The van der Waals surface area contributed by atoms with Crippen molar-refractivity contribution < 1.29 is 9.13 Å². The molecule has 5 rings (SSSR count). The summed E-state index contributed by atoms with van der Waals surface area (Å²) in [7, 11) is 0. The summed E-state index contributed by atoms with van der Waals surface area (Å²) in [5, 5.41) is 1.02. The van der Waals surface area contributed by atoms with Gasteiger partial charge in [-0.2, -0.15) is 0 Å². The van der Waals surface area contributed by atoms with Crippen molar-refractivity contribution in [1.29, 1.82) is 0 Å². The van der Waals surface area contributed by atoms with Crippen molar-refractivity contribution in [2.45, 2.75) is 13.5 Å². The number of anilines is 1. The van der Waals surface area contributed by atoms with Crippen LogP contribution in [0.1, 0.15) is 11.1 Å². The summed E-state index contributed by atoms with van der Waals surface area (Å²) < 4.78 is 20.1. The van der Waals surface area contributed by atoms with Crippen molar-refractivity contribution in [2.75, 3.05) is 44.3 Å². The van der Waals surface area contributed by atoms with Gasteiger partial charge in [0.05, 0.1) is 24.4 Å². The van der Waals surface area contributed by atoms with Crippen LogP contribution < -0.4 is 4.90 Å². The molecular formula is C28H29FN4O. The standard InChI is InChI=1S/C28H29FN4O/c1-21-11-12-26-24(19-21)27(22-7-3-2-4-8-22)31-28(30-26)33(14-13-32-15-17-34-18-16-32)20-23-9-5-6-10-25(23)29/h2-12,19H,13-18,20H2,1H3. The summed E-state index contributed by atoms with van der Waals surface area (Å²) in [6.45, 7) is 7.32. The molecule has 5 nitrogen and oxygen atoms in total. The van der Waals surface area contributed by atoms with Gasteiger partial charge >= 0.3 is 0 Å². The maximum absolute atomic E-state index is 14.6. The van der Waals surface area contributed by atoms with Crippen molar-refractivity contribution in [1.82, 2.24) is 14.9 Å². The number of aromatic nitrogens is 2. The van der Waals surface area contributed by atoms with Crippen LogP contribution in [0.25, 0.3) is 22.2 Å². The lowest BCUT2D eigenvalue weighted by atomic mass is 10.0. The van der Waals surface area contributed by atoms with Crippen LogP contribution >= 0.6 is 0 Å². The zero-order valence-electron chi connectivity index (χ0n) is 19.5. The Kier molecular flexibility index (Phi) is 6.79. The molecule has 6 heteroatoms. The molecule has 0 aliphatic carbocycles. The monoisotopic (exact) mass is 456 g/mol. The van der Waals surface area contributed by atoms with E-state index in [0.717, 1.165) is 60.6 Å². The third-order valence-corrected chi connectivity index (χ3v) is 6.28. The minimum absolute atomic E-state index is 0.210. The van der Waals surface area contributed by atoms with Crippen LogP contribution in [-0.4, -0.2) is 54.3 Å². The minimum Gasteiger partial charge on any atom is -0.379 e. The number of benzene rings is 3. The second-order valence-corrected chi connectivity index (χ2v) is 8.73. The molecule has 1 fully saturated rings. The molecule has 1 saturated heterocycles. The third kappa shape index (κ3) is 5.08. The van der Waals surface area contributed by atoms with Crippen LogP contribution in [0, 0.1) is 12.7 Å². The highest BCUT2D eigenvalue weighted by Crippen LogP contribution is 2.29. The van der Waals surface area contributed by atoms with E-state index in [2.05, 4.69) is 41.0 Å². The Labute approximate surface area is 199 Å². The molecule has 0 bridgehead atoms. The van der Waals surface area contributed by atoms with Gasteiger partial charge in [-0.25, -0.2) is 14.4 Å². The van der Waals surface area contributed by atoms with Crippen LogP contribution in [0.3, 0.4) is 0 Å². The van der Waals surface area contributed by atoms with Crippen LogP contribution in [0.4, 0.5) is 10.3 Å². The molecule has 3 aromatic carbocycles. The summed E-state index contributed by atoms with van der Waals surface area (Å²) in [4.78, 5) is 14.5. The lowest BCUT2D eigenvalue weighted by molar-refractivity contribution is 0.0391. The van der Waals surface area contributed by atoms with Gasteiger partial charge in [0.25, 0.3) is 0 Å². The average molecular weight is 457 g/mol. The van der Waals surface area contributed by atoms with Crippen LogP contribution in [0.2, 0.25) is 0 Å². The molecule has 1 aromatic heterocycles. The summed E-state index contributed by atoms with van der Waals surface area (Å²) in [5.41, 5.74) is 4.63. The number of fused-ring (bicyclic) bond motifs is 1. The summed E-state index contributed by atoms with van der Waals surface area (Å²) in [6, 6.07) is 23.4. The van der Waals surface area contributed by atoms with Gasteiger partial charge in [-0.05, 0) is 25.1 Å². The van der Waals surface area contributed by atoms with Gasteiger partial charge in [-0.1, -0.05) is 60.2 Å². The van der Waals surface area contributed by atoms with E-state index in [1.54, 1.807) is 6.07 Å². The predicted octanol–water partition coefficient (Wildman–Crippen LogP) is 5.08. The second-order valence-electron chi connectivity index (χ2n) is 8.73. The molecule has 0 spiro atoms. The predicted molar refractivity (Wildman–Crippen MR) is 134 cm³/mol. The largest absolute Gasteiger partial charge is 0.379 e. The maximum atomic E-state index is 14.6. The summed E-state index contributed by atoms with van der Waals surface area (Å²) in [6.07, 6.45) is 0. The number of hydrogen-bond donors (Lipinski definition) is 0. The Morgan fingerprint density at radius 2 is 1.71 bits per heavy atom. The first-order valence-electron chi connectivity index (χ1n) is 11.8. The fraction of sp³-hybridized carbons (Fsp3) is 0.286. The molecule has 174 valence electrons. The van der Waals surface area contributed by atoms with E-state index in [-0.39, 0.29) is 5.82 Å². The number of morpholine rings is 1. The lowest BCUT2D eigenvalue weighted by Crippen LogP contribution is -2.41. The highest BCUT2D eigenvalue weighted by atomic mass is 19.1. The number of halogens is 1. The summed E-state index contributed by atoms with van der Waals surface area (Å²) >= 11 is 0. The molecule has 0 radical (unpaired) electrons. The van der Waals surface area contributed by atoms with Gasteiger partial charge in [0.1, 0.15) is 5.82 Å². The first-order valence-corrected chi connectivity index (χ1v) is 11.8. The van der Waals surface area contributed by atoms with E-state index in [0.29, 0.717) is 24.6 Å². The van der Waals surface area contributed by atoms with Crippen LogP contribution in [0.15, 0.2) is 72.8 Å². The zero-order valence-corrected chi connectivity index (χ0v) is 19.5. The Morgan fingerprint density at radius 3 is 2.50 bits per heavy atom. The van der Waals surface area contributed by atoms with E-state index >= 15 is 0 Å². The van der Waals surface area contributed by atoms with E-state index in [9.17, 15) is 4.39 Å². The molecule has 0 amide bonds. The molecule has 34 heavy (non-hydrogen) atoms. The van der Waals surface area contributed by atoms with Crippen molar-refractivity contribution in [3.05, 3.63) is 89.7 Å². The van der Waals surface area contributed by atoms with Crippen LogP contribution in [0.5, 0.6) is 0 Å². The lowest BCUT2D eigenvalue weighted by Gasteiger charge is -2.30. The highest BCUT2D eigenvalue weighted by molar-refractivity contribution is 5.93. The second kappa shape index (κ2) is 10.3. The van der Waals surface area contributed by atoms with Gasteiger partial charge in [-0.15, -0.1) is 0 Å².